The van der Waals surface area contributed by atoms with Gasteiger partial charge in [-0.2, -0.15) is 0 Å². The fraction of sp³-hybridized carbons (Fsp3) is 0.350. The van der Waals surface area contributed by atoms with E-state index in [0.717, 1.165) is 18.4 Å². The van der Waals surface area contributed by atoms with Crippen molar-refractivity contribution in [3.05, 3.63) is 58.9 Å². The number of nitrogens with one attached hydrogen (secondary N) is 1. The summed E-state index contributed by atoms with van der Waals surface area (Å²) in [6.07, 6.45) is 4.62. The van der Waals surface area contributed by atoms with E-state index in [-0.39, 0.29) is 24.5 Å². The maximum atomic E-state index is 12.4. The van der Waals surface area contributed by atoms with Gasteiger partial charge >= 0.3 is 0 Å². The number of hydrogen-bond acceptors (Lipinski definition) is 4. The fourth-order valence-electron chi connectivity index (χ4n) is 3.04. The second-order valence-electron chi connectivity index (χ2n) is 6.57. The molecule has 7 heteroatoms. The standard InChI is InChI=1S/C20H22ClN3O3/c1-14-11-16(21)4-5-18(14)27-13-19(25)24-9-6-17(7-10-24)23-20(26)15-3-2-8-22-12-15/h2-5,8,11-12,17H,6-7,9-10,13H2,1H3,(H,23,26). The highest BCUT2D eigenvalue weighted by Gasteiger charge is 2.24. The molecular weight excluding hydrogens is 366 g/mol. The molecule has 0 saturated carbocycles. The lowest BCUT2D eigenvalue weighted by atomic mass is 10.0. The first-order valence-electron chi connectivity index (χ1n) is 8.90. The van der Waals surface area contributed by atoms with Crippen LogP contribution in [0.3, 0.4) is 0 Å². The van der Waals surface area contributed by atoms with Gasteiger partial charge in [0.1, 0.15) is 5.75 Å². The van der Waals surface area contributed by atoms with Crippen molar-refractivity contribution in [2.75, 3.05) is 19.7 Å². The van der Waals surface area contributed by atoms with Crippen molar-refractivity contribution >= 4 is 23.4 Å². The first kappa shape index (κ1) is 19.2. The van der Waals surface area contributed by atoms with Gasteiger partial charge in [0.15, 0.2) is 6.61 Å². The summed E-state index contributed by atoms with van der Waals surface area (Å²) in [6.45, 7) is 3.08. The monoisotopic (exact) mass is 387 g/mol. The fourth-order valence-corrected chi connectivity index (χ4v) is 3.27. The molecule has 1 aliphatic rings. The van der Waals surface area contributed by atoms with E-state index in [1.54, 1.807) is 47.6 Å². The molecule has 0 spiro atoms. The van der Waals surface area contributed by atoms with Gasteiger partial charge in [-0.15, -0.1) is 0 Å². The van der Waals surface area contributed by atoms with Crippen LogP contribution in [0.4, 0.5) is 0 Å². The number of aryl methyl sites for hydroxylation is 1. The second kappa shape index (κ2) is 8.86. The number of carbonyl (C=O) groups excluding carboxylic acids is 2. The van der Waals surface area contributed by atoms with E-state index in [1.165, 1.54) is 0 Å². The third-order valence-electron chi connectivity index (χ3n) is 4.59. The van der Waals surface area contributed by atoms with Gasteiger partial charge in [0.05, 0.1) is 5.56 Å². The van der Waals surface area contributed by atoms with E-state index in [0.29, 0.717) is 29.4 Å². The van der Waals surface area contributed by atoms with E-state index in [2.05, 4.69) is 10.3 Å². The maximum Gasteiger partial charge on any atom is 0.260 e. The Morgan fingerprint density at radius 3 is 2.74 bits per heavy atom. The van der Waals surface area contributed by atoms with Crippen molar-refractivity contribution in [3.8, 4) is 5.75 Å². The minimum Gasteiger partial charge on any atom is -0.483 e. The SMILES string of the molecule is Cc1cc(Cl)ccc1OCC(=O)N1CCC(NC(=O)c2cccnc2)CC1. The van der Waals surface area contributed by atoms with Crippen LogP contribution in [0.1, 0.15) is 28.8 Å². The molecule has 0 atom stereocenters. The molecule has 1 aromatic heterocycles. The number of pyridine rings is 1. The van der Waals surface area contributed by atoms with Crippen LogP contribution >= 0.6 is 11.6 Å². The molecule has 1 fully saturated rings. The van der Waals surface area contributed by atoms with Gasteiger partial charge < -0.3 is 15.0 Å². The highest BCUT2D eigenvalue weighted by atomic mass is 35.5. The van der Waals surface area contributed by atoms with E-state index in [4.69, 9.17) is 16.3 Å². The van der Waals surface area contributed by atoms with Gasteiger partial charge in [0, 0.05) is 36.5 Å². The lowest BCUT2D eigenvalue weighted by Crippen LogP contribution is -2.47. The van der Waals surface area contributed by atoms with Crippen LogP contribution in [-0.2, 0) is 4.79 Å². The van der Waals surface area contributed by atoms with E-state index in [1.807, 2.05) is 6.92 Å². The Kier molecular flexibility index (Phi) is 6.29. The molecule has 3 rings (SSSR count). The van der Waals surface area contributed by atoms with Crippen LogP contribution in [0.15, 0.2) is 42.7 Å². The zero-order chi connectivity index (χ0) is 19.2. The van der Waals surface area contributed by atoms with E-state index in [9.17, 15) is 9.59 Å². The normalized spacial score (nSPS) is 14.7. The number of benzene rings is 1. The molecule has 27 heavy (non-hydrogen) atoms. The average Bonchev–Trinajstić information content (AvgIpc) is 2.68. The smallest absolute Gasteiger partial charge is 0.260 e. The van der Waals surface area contributed by atoms with Crippen molar-refractivity contribution in [1.29, 1.82) is 0 Å². The molecular formula is C20H22ClN3O3. The van der Waals surface area contributed by atoms with Crippen LogP contribution in [0.2, 0.25) is 5.02 Å². The molecule has 1 N–H and O–H groups in total. The molecule has 2 aromatic rings. The summed E-state index contributed by atoms with van der Waals surface area (Å²) in [4.78, 5) is 30.3. The molecule has 1 aromatic carbocycles. The van der Waals surface area contributed by atoms with Crippen LogP contribution in [0.25, 0.3) is 0 Å². The highest BCUT2D eigenvalue weighted by Crippen LogP contribution is 2.22. The number of amides is 2. The van der Waals surface area contributed by atoms with Crippen LogP contribution in [0, 0.1) is 6.92 Å². The first-order chi connectivity index (χ1) is 13.0. The zero-order valence-corrected chi connectivity index (χ0v) is 15.9. The molecule has 2 amide bonds. The van der Waals surface area contributed by atoms with Crippen LogP contribution in [0.5, 0.6) is 5.75 Å². The van der Waals surface area contributed by atoms with Crippen molar-refractivity contribution < 1.29 is 14.3 Å². The lowest BCUT2D eigenvalue weighted by Gasteiger charge is -2.32. The molecule has 0 unspecified atom stereocenters. The Morgan fingerprint density at radius 2 is 2.07 bits per heavy atom. The zero-order valence-electron chi connectivity index (χ0n) is 15.2. The number of ether oxygens (including phenoxy) is 1. The topological polar surface area (TPSA) is 71.5 Å². The Bertz CT molecular complexity index is 805. The Hall–Kier alpha value is -2.60. The highest BCUT2D eigenvalue weighted by molar-refractivity contribution is 6.30. The van der Waals surface area contributed by atoms with Gasteiger partial charge in [-0.1, -0.05) is 11.6 Å². The van der Waals surface area contributed by atoms with E-state index >= 15 is 0 Å². The predicted octanol–water partition coefficient (Wildman–Crippen LogP) is 2.84. The molecule has 1 saturated heterocycles. The molecule has 0 bridgehead atoms. The molecule has 2 heterocycles. The Labute approximate surface area is 163 Å². The number of halogens is 1. The summed E-state index contributed by atoms with van der Waals surface area (Å²) in [5, 5.41) is 3.64. The first-order valence-corrected chi connectivity index (χ1v) is 9.28. The molecule has 6 nitrogen and oxygen atoms in total. The minimum atomic E-state index is -0.130. The molecule has 0 radical (unpaired) electrons. The van der Waals surface area contributed by atoms with Crippen molar-refractivity contribution in [1.82, 2.24) is 15.2 Å². The number of aromatic nitrogens is 1. The summed E-state index contributed by atoms with van der Waals surface area (Å²) in [6, 6.07) is 8.84. The molecule has 1 aliphatic heterocycles. The molecule has 0 aliphatic carbocycles. The van der Waals surface area contributed by atoms with Gasteiger partial charge in [0.2, 0.25) is 0 Å². The number of rotatable bonds is 5. The third kappa shape index (κ3) is 5.20. The number of carbonyl (C=O) groups is 2. The van der Waals surface area contributed by atoms with Gasteiger partial charge in [0.25, 0.3) is 11.8 Å². The van der Waals surface area contributed by atoms with Gasteiger partial charge in [-0.05, 0) is 55.7 Å². The third-order valence-corrected chi connectivity index (χ3v) is 4.83. The minimum absolute atomic E-state index is 0.00478. The Morgan fingerprint density at radius 1 is 1.30 bits per heavy atom. The van der Waals surface area contributed by atoms with Crippen molar-refractivity contribution in [2.45, 2.75) is 25.8 Å². The van der Waals surface area contributed by atoms with Crippen molar-refractivity contribution in [3.63, 3.8) is 0 Å². The summed E-state index contributed by atoms with van der Waals surface area (Å²) in [5.74, 6) is 0.474. The largest absolute Gasteiger partial charge is 0.483 e. The average molecular weight is 388 g/mol. The van der Waals surface area contributed by atoms with Gasteiger partial charge in [-0.25, -0.2) is 0 Å². The predicted molar refractivity (Wildman–Crippen MR) is 103 cm³/mol. The summed E-state index contributed by atoms with van der Waals surface area (Å²) in [7, 11) is 0. The quantitative estimate of drug-likeness (QED) is 0.856. The second-order valence-corrected chi connectivity index (χ2v) is 7.01. The number of hydrogen-bond donors (Lipinski definition) is 1. The van der Waals surface area contributed by atoms with Crippen molar-refractivity contribution in [2.24, 2.45) is 0 Å². The maximum absolute atomic E-state index is 12.4. The summed E-state index contributed by atoms with van der Waals surface area (Å²) in [5.41, 5.74) is 1.44. The summed E-state index contributed by atoms with van der Waals surface area (Å²) >= 11 is 5.93. The molecule has 142 valence electrons. The van der Waals surface area contributed by atoms with Gasteiger partial charge in [-0.3, -0.25) is 14.6 Å². The van der Waals surface area contributed by atoms with Crippen LogP contribution < -0.4 is 10.1 Å². The lowest BCUT2D eigenvalue weighted by molar-refractivity contribution is -0.134. The Balaban J connectivity index is 1.44. The van der Waals surface area contributed by atoms with E-state index < -0.39 is 0 Å². The number of likely N-dealkylation sites (tertiary alicyclic amines) is 1. The van der Waals surface area contributed by atoms with Crippen LogP contribution in [-0.4, -0.2) is 47.4 Å². The number of piperidine rings is 1. The number of nitrogens with zero attached hydrogens (tertiary/aromatic N) is 2. The summed E-state index contributed by atoms with van der Waals surface area (Å²) < 4.78 is 5.63.